The zero-order valence-corrected chi connectivity index (χ0v) is 10.9. The molecule has 92 valence electrons. The minimum absolute atomic E-state index is 0.772. The highest BCUT2D eigenvalue weighted by Crippen LogP contribution is 2.31. The van der Waals surface area contributed by atoms with Crippen LogP contribution < -0.4 is 4.74 Å². The van der Waals surface area contributed by atoms with Crippen molar-refractivity contribution in [3.05, 3.63) is 53.1 Å². The summed E-state index contributed by atoms with van der Waals surface area (Å²) in [6.07, 6.45) is 0.913. The summed E-state index contributed by atoms with van der Waals surface area (Å²) >= 11 is 0. The largest absolute Gasteiger partial charge is 0.496 e. The van der Waals surface area contributed by atoms with Crippen LogP contribution in [0.3, 0.4) is 0 Å². The number of carbonyl (C=O) groups excluding carboxylic acids is 1. The Kier molecular flexibility index (Phi) is 3.47. The van der Waals surface area contributed by atoms with Gasteiger partial charge in [-0.3, -0.25) is 4.79 Å². The van der Waals surface area contributed by atoms with E-state index in [1.54, 1.807) is 7.11 Å². The van der Waals surface area contributed by atoms with Gasteiger partial charge in [-0.25, -0.2) is 0 Å². The molecule has 0 saturated carbocycles. The molecular formula is C16H16O2. The Morgan fingerprint density at radius 3 is 2.22 bits per heavy atom. The van der Waals surface area contributed by atoms with Crippen LogP contribution in [-0.2, 0) is 0 Å². The van der Waals surface area contributed by atoms with Gasteiger partial charge in [0.25, 0.3) is 0 Å². The highest BCUT2D eigenvalue weighted by molar-refractivity contribution is 5.83. The number of hydrogen-bond donors (Lipinski definition) is 0. The molecule has 18 heavy (non-hydrogen) atoms. The SMILES string of the molecule is COc1ccccc1-c1cc(C)c(C=O)c(C)c1. The molecule has 0 atom stereocenters. The fraction of sp³-hybridized carbons (Fsp3) is 0.188. The second-order valence-corrected chi connectivity index (χ2v) is 4.34. The predicted octanol–water partition coefficient (Wildman–Crippen LogP) is 3.79. The molecule has 0 heterocycles. The van der Waals surface area contributed by atoms with E-state index in [4.69, 9.17) is 4.74 Å². The molecule has 2 rings (SSSR count). The third-order valence-corrected chi connectivity index (χ3v) is 3.13. The first-order valence-electron chi connectivity index (χ1n) is 5.87. The summed E-state index contributed by atoms with van der Waals surface area (Å²) in [4.78, 5) is 11.0. The fourth-order valence-corrected chi connectivity index (χ4v) is 2.20. The lowest BCUT2D eigenvalue weighted by atomic mass is 9.96. The van der Waals surface area contributed by atoms with Crippen molar-refractivity contribution in [2.75, 3.05) is 7.11 Å². The molecule has 0 amide bonds. The Labute approximate surface area is 107 Å². The van der Waals surface area contributed by atoms with E-state index in [1.165, 1.54) is 0 Å². The first kappa shape index (κ1) is 12.4. The van der Waals surface area contributed by atoms with E-state index >= 15 is 0 Å². The molecule has 0 aliphatic heterocycles. The average Bonchev–Trinajstić information content (AvgIpc) is 2.38. The minimum Gasteiger partial charge on any atom is -0.496 e. The van der Waals surface area contributed by atoms with E-state index in [9.17, 15) is 4.79 Å². The number of hydrogen-bond acceptors (Lipinski definition) is 2. The van der Waals surface area contributed by atoms with Crippen molar-refractivity contribution in [2.45, 2.75) is 13.8 Å². The van der Waals surface area contributed by atoms with E-state index in [0.29, 0.717) is 0 Å². The summed E-state index contributed by atoms with van der Waals surface area (Å²) in [6, 6.07) is 11.9. The quantitative estimate of drug-likeness (QED) is 0.763. The summed E-state index contributed by atoms with van der Waals surface area (Å²) < 4.78 is 5.37. The van der Waals surface area contributed by atoms with Crippen LogP contribution in [0.25, 0.3) is 11.1 Å². The molecule has 0 aliphatic rings. The summed E-state index contributed by atoms with van der Waals surface area (Å²) in [5, 5.41) is 0. The number of aldehydes is 1. The van der Waals surface area contributed by atoms with E-state index in [1.807, 2.05) is 50.2 Å². The molecule has 2 aromatic rings. The topological polar surface area (TPSA) is 26.3 Å². The molecule has 0 spiro atoms. The maximum Gasteiger partial charge on any atom is 0.150 e. The van der Waals surface area contributed by atoms with Gasteiger partial charge in [-0.15, -0.1) is 0 Å². The van der Waals surface area contributed by atoms with Crippen LogP contribution in [-0.4, -0.2) is 13.4 Å². The lowest BCUT2D eigenvalue weighted by molar-refractivity contribution is 0.112. The molecule has 0 aromatic heterocycles. The maximum absolute atomic E-state index is 11.0. The van der Waals surface area contributed by atoms with Crippen molar-refractivity contribution in [1.82, 2.24) is 0 Å². The number of carbonyl (C=O) groups is 1. The Morgan fingerprint density at radius 1 is 1.06 bits per heavy atom. The number of rotatable bonds is 3. The minimum atomic E-state index is 0.772. The summed E-state index contributed by atoms with van der Waals surface area (Å²) in [5.74, 6) is 0.843. The zero-order valence-electron chi connectivity index (χ0n) is 10.9. The van der Waals surface area contributed by atoms with Crippen LogP contribution in [0.1, 0.15) is 21.5 Å². The maximum atomic E-state index is 11.0. The van der Waals surface area contributed by atoms with Gasteiger partial charge in [-0.1, -0.05) is 30.3 Å². The molecular weight excluding hydrogens is 224 g/mol. The molecule has 0 saturated heterocycles. The highest BCUT2D eigenvalue weighted by atomic mass is 16.5. The lowest BCUT2D eigenvalue weighted by Gasteiger charge is -2.11. The second-order valence-electron chi connectivity index (χ2n) is 4.34. The summed E-state index contributed by atoms with van der Waals surface area (Å²) in [6.45, 7) is 3.91. The Morgan fingerprint density at radius 2 is 1.67 bits per heavy atom. The van der Waals surface area contributed by atoms with Gasteiger partial charge in [0.15, 0.2) is 6.29 Å². The number of para-hydroxylation sites is 1. The third-order valence-electron chi connectivity index (χ3n) is 3.13. The van der Waals surface area contributed by atoms with E-state index in [-0.39, 0.29) is 0 Å². The smallest absolute Gasteiger partial charge is 0.150 e. The number of ether oxygens (including phenoxy) is 1. The van der Waals surface area contributed by atoms with Crippen molar-refractivity contribution < 1.29 is 9.53 Å². The van der Waals surface area contributed by atoms with Crippen molar-refractivity contribution in [1.29, 1.82) is 0 Å². The van der Waals surface area contributed by atoms with Gasteiger partial charge >= 0.3 is 0 Å². The van der Waals surface area contributed by atoms with Gasteiger partial charge in [0.1, 0.15) is 5.75 Å². The van der Waals surface area contributed by atoms with Gasteiger partial charge in [0, 0.05) is 11.1 Å². The Hall–Kier alpha value is -2.09. The first-order chi connectivity index (χ1) is 8.67. The highest BCUT2D eigenvalue weighted by Gasteiger charge is 2.09. The van der Waals surface area contributed by atoms with Crippen LogP contribution in [0.5, 0.6) is 5.75 Å². The number of methoxy groups -OCH3 is 1. The summed E-state index contributed by atoms with van der Waals surface area (Å²) in [7, 11) is 1.67. The Bertz CT molecular complexity index is 562. The monoisotopic (exact) mass is 240 g/mol. The van der Waals surface area contributed by atoms with Crippen molar-refractivity contribution >= 4 is 6.29 Å². The van der Waals surface area contributed by atoms with Crippen molar-refractivity contribution in [3.8, 4) is 16.9 Å². The van der Waals surface area contributed by atoms with Gasteiger partial charge < -0.3 is 4.74 Å². The normalized spacial score (nSPS) is 10.2. The van der Waals surface area contributed by atoms with Gasteiger partial charge in [-0.05, 0) is 36.6 Å². The fourth-order valence-electron chi connectivity index (χ4n) is 2.20. The van der Waals surface area contributed by atoms with Gasteiger partial charge in [0.05, 0.1) is 7.11 Å². The lowest BCUT2D eigenvalue weighted by Crippen LogP contribution is -1.94. The van der Waals surface area contributed by atoms with E-state index in [0.717, 1.165) is 39.9 Å². The molecule has 0 aliphatic carbocycles. The standard InChI is InChI=1S/C16H16O2/c1-11-8-13(9-12(2)15(11)10-17)14-6-4-5-7-16(14)18-3/h4-10H,1-3H3. The van der Waals surface area contributed by atoms with Crippen LogP contribution in [0.4, 0.5) is 0 Å². The number of aryl methyl sites for hydroxylation is 2. The zero-order chi connectivity index (χ0) is 13.1. The average molecular weight is 240 g/mol. The second kappa shape index (κ2) is 5.05. The molecule has 0 fully saturated rings. The van der Waals surface area contributed by atoms with Crippen LogP contribution >= 0.6 is 0 Å². The van der Waals surface area contributed by atoms with Crippen LogP contribution in [0.2, 0.25) is 0 Å². The van der Waals surface area contributed by atoms with Crippen molar-refractivity contribution in [2.24, 2.45) is 0 Å². The molecule has 2 heteroatoms. The van der Waals surface area contributed by atoms with Crippen molar-refractivity contribution in [3.63, 3.8) is 0 Å². The third kappa shape index (κ3) is 2.14. The summed E-state index contributed by atoms with van der Waals surface area (Å²) in [5.41, 5.74) is 4.88. The first-order valence-corrected chi connectivity index (χ1v) is 5.87. The van der Waals surface area contributed by atoms with Gasteiger partial charge in [0.2, 0.25) is 0 Å². The molecule has 0 unspecified atom stereocenters. The molecule has 2 nitrogen and oxygen atoms in total. The predicted molar refractivity (Wildman–Crippen MR) is 73.3 cm³/mol. The van der Waals surface area contributed by atoms with E-state index in [2.05, 4.69) is 0 Å². The van der Waals surface area contributed by atoms with Crippen LogP contribution in [0, 0.1) is 13.8 Å². The van der Waals surface area contributed by atoms with Gasteiger partial charge in [-0.2, -0.15) is 0 Å². The van der Waals surface area contributed by atoms with Crippen LogP contribution in [0.15, 0.2) is 36.4 Å². The number of benzene rings is 2. The molecule has 0 N–H and O–H groups in total. The molecule has 2 aromatic carbocycles. The molecule has 0 radical (unpaired) electrons. The van der Waals surface area contributed by atoms with E-state index < -0.39 is 0 Å². The Balaban J connectivity index is 2.62. The molecule has 0 bridgehead atoms.